The molecule has 0 spiro atoms. The van der Waals surface area contributed by atoms with Crippen LogP contribution in [0.1, 0.15) is 23.7 Å². The van der Waals surface area contributed by atoms with Gasteiger partial charge in [0, 0.05) is 35.8 Å². The van der Waals surface area contributed by atoms with Gasteiger partial charge >= 0.3 is 0 Å². The Labute approximate surface area is 190 Å². The highest BCUT2D eigenvalue weighted by molar-refractivity contribution is 7.95. The predicted molar refractivity (Wildman–Crippen MR) is 124 cm³/mol. The maximum absolute atomic E-state index is 13.4. The number of rotatable bonds is 4. The highest BCUT2D eigenvalue weighted by Crippen LogP contribution is 2.33. The fourth-order valence-corrected chi connectivity index (χ4v) is 4.58. The van der Waals surface area contributed by atoms with Crippen LogP contribution in [0.4, 0.5) is 10.1 Å². The summed E-state index contributed by atoms with van der Waals surface area (Å²) in [4.78, 5) is 17.2. The molecule has 2 aromatic carbocycles. The maximum atomic E-state index is 13.4. The fraction of sp³-hybridized carbons (Fsp3) is 0.217. The van der Waals surface area contributed by atoms with Crippen LogP contribution in [-0.4, -0.2) is 28.3 Å². The first-order valence-corrected chi connectivity index (χ1v) is 11.0. The topological polar surface area (TPSA) is 57.3 Å². The summed E-state index contributed by atoms with van der Waals surface area (Å²) < 4.78 is 18.7. The average molecular weight is 457 g/mol. The number of anilines is 1. The van der Waals surface area contributed by atoms with E-state index in [0.29, 0.717) is 12.1 Å². The predicted octanol–water partition coefficient (Wildman–Crippen LogP) is 5.39. The van der Waals surface area contributed by atoms with E-state index in [1.807, 2.05) is 36.6 Å². The lowest BCUT2D eigenvalue weighted by Crippen LogP contribution is -2.46. The first-order chi connectivity index (χ1) is 14.9. The second-order valence-corrected chi connectivity index (χ2v) is 8.89. The average Bonchev–Trinajstić information content (AvgIpc) is 2.76. The van der Waals surface area contributed by atoms with Gasteiger partial charge in [0.25, 0.3) is 0 Å². The molecule has 4 rings (SSSR count). The Kier molecular flexibility index (Phi) is 6.57. The lowest BCUT2D eigenvalue weighted by atomic mass is 9.95. The van der Waals surface area contributed by atoms with Crippen LogP contribution in [0.5, 0.6) is 0 Å². The van der Waals surface area contributed by atoms with E-state index in [0.717, 1.165) is 22.4 Å². The smallest absolute Gasteiger partial charge is 0.242 e. The number of benzene rings is 2. The molecule has 2 unspecified atom stereocenters. The van der Waals surface area contributed by atoms with Gasteiger partial charge in [-0.15, -0.1) is 0 Å². The highest BCUT2D eigenvalue weighted by atomic mass is 35.5. The minimum atomic E-state index is -0.515. The summed E-state index contributed by atoms with van der Waals surface area (Å²) in [6.45, 7) is 1.97. The molecule has 1 fully saturated rings. The van der Waals surface area contributed by atoms with Crippen molar-refractivity contribution < 1.29 is 9.18 Å². The summed E-state index contributed by atoms with van der Waals surface area (Å²) in [5.41, 5.74) is 4.76. The molecule has 31 heavy (non-hydrogen) atoms. The first-order valence-electron chi connectivity index (χ1n) is 9.85. The summed E-state index contributed by atoms with van der Waals surface area (Å²) in [6.07, 6.45) is 2.40. The molecule has 0 radical (unpaired) electrons. The zero-order valence-corrected chi connectivity index (χ0v) is 18.7. The van der Waals surface area contributed by atoms with Crippen molar-refractivity contribution in [3.05, 3.63) is 82.9 Å². The van der Waals surface area contributed by atoms with Crippen LogP contribution in [0.15, 0.2) is 60.8 Å². The third kappa shape index (κ3) is 5.07. The standard InChI is InChI=1S/C23H22ClFN4OS/c1-14-10-16(8-9-26-14)15-4-3-5-17(11-15)21-13-22(29(2)31-28-21)23(30)27-18-6-7-20(25)19(24)12-18/h3-12,21-22,28H,13H2,1-2H3,(H,27,30). The zero-order chi connectivity index (χ0) is 22.0. The molecule has 1 aromatic heterocycles. The molecule has 160 valence electrons. The Hall–Kier alpha value is -2.45. The Balaban J connectivity index is 1.51. The van der Waals surface area contributed by atoms with Gasteiger partial charge in [-0.25, -0.2) is 13.4 Å². The van der Waals surface area contributed by atoms with Gasteiger partial charge in [0.15, 0.2) is 0 Å². The number of likely N-dealkylation sites (N-methyl/N-ethyl adjacent to an activating group) is 1. The van der Waals surface area contributed by atoms with Gasteiger partial charge in [-0.1, -0.05) is 29.8 Å². The van der Waals surface area contributed by atoms with Gasteiger partial charge in [0.2, 0.25) is 5.91 Å². The summed E-state index contributed by atoms with van der Waals surface area (Å²) in [5.74, 6) is -0.677. The van der Waals surface area contributed by atoms with Crippen LogP contribution in [-0.2, 0) is 4.79 Å². The van der Waals surface area contributed by atoms with E-state index in [1.54, 1.807) is 0 Å². The van der Waals surface area contributed by atoms with Gasteiger partial charge in [0.1, 0.15) is 11.9 Å². The number of pyridine rings is 1. The number of hydrogen-bond donors (Lipinski definition) is 2. The normalized spacial score (nSPS) is 19.2. The van der Waals surface area contributed by atoms with Crippen molar-refractivity contribution in [3.63, 3.8) is 0 Å². The molecule has 0 saturated carbocycles. The van der Waals surface area contributed by atoms with E-state index in [9.17, 15) is 9.18 Å². The number of carbonyl (C=O) groups is 1. The van der Waals surface area contributed by atoms with Crippen molar-refractivity contribution in [2.24, 2.45) is 0 Å². The SMILES string of the molecule is Cc1cc(-c2cccc(C3CC(C(=O)Nc4ccc(F)c(Cl)c4)N(C)SN3)c2)ccn1. The Morgan fingerprint density at radius 3 is 2.81 bits per heavy atom. The molecule has 0 aliphatic carbocycles. The van der Waals surface area contributed by atoms with E-state index in [2.05, 4.69) is 39.3 Å². The number of amides is 1. The van der Waals surface area contributed by atoms with Crippen molar-refractivity contribution in [1.82, 2.24) is 14.0 Å². The Morgan fingerprint density at radius 1 is 1.23 bits per heavy atom. The van der Waals surface area contributed by atoms with Crippen molar-refractivity contribution in [2.45, 2.75) is 25.4 Å². The maximum Gasteiger partial charge on any atom is 0.242 e. The number of hydrogen-bond acceptors (Lipinski definition) is 5. The van der Waals surface area contributed by atoms with Gasteiger partial charge in [-0.2, -0.15) is 0 Å². The largest absolute Gasteiger partial charge is 0.325 e. The molecule has 1 amide bonds. The van der Waals surface area contributed by atoms with Crippen molar-refractivity contribution in [2.75, 3.05) is 12.4 Å². The summed E-state index contributed by atoms with van der Waals surface area (Å²) >= 11 is 7.24. The van der Waals surface area contributed by atoms with E-state index in [4.69, 9.17) is 11.6 Å². The van der Waals surface area contributed by atoms with Crippen LogP contribution in [0.3, 0.4) is 0 Å². The van der Waals surface area contributed by atoms with Gasteiger partial charge < -0.3 is 5.32 Å². The van der Waals surface area contributed by atoms with Crippen LogP contribution < -0.4 is 10.0 Å². The molecule has 1 aliphatic heterocycles. The number of carbonyl (C=O) groups excluding carboxylic acids is 1. The minimum absolute atomic E-state index is 0.00311. The number of aryl methyl sites for hydroxylation is 1. The van der Waals surface area contributed by atoms with Gasteiger partial charge in [-0.3, -0.25) is 9.78 Å². The Morgan fingerprint density at radius 2 is 2.03 bits per heavy atom. The Bertz CT molecular complexity index is 1110. The van der Waals surface area contributed by atoms with Gasteiger partial charge in [0.05, 0.1) is 5.02 Å². The molecule has 8 heteroatoms. The third-order valence-corrected chi connectivity index (χ3v) is 6.47. The van der Waals surface area contributed by atoms with E-state index < -0.39 is 5.82 Å². The molecule has 0 bridgehead atoms. The van der Waals surface area contributed by atoms with Gasteiger partial charge in [-0.05, 0) is 73.5 Å². The number of aromatic nitrogens is 1. The lowest BCUT2D eigenvalue weighted by molar-refractivity contribution is -0.119. The number of nitrogens with one attached hydrogen (secondary N) is 2. The molecule has 2 atom stereocenters. The summed E-state index contributed by atoms with van der Waals surface area (Å²) in [5, 5.41) is 2.82. The molecule has 1 aliphatic rings. The fourth-order valence-electron chi connectivity index (χ4n) is 3.57. The lowest BCUT2D eigenvalue weighted by Gasteiger charge is -2.35. The molecular formula is C23H22ClFN4OS. The minimum Gasteiger partial charge on any atom is -0.325 e. The van der Waals surface area contributed by atoms with Crippen LogP contribution >= 0.6 is 23.7 Å². The second kappa shape index (κ2) is 9.36. The number of halogens is 2. The number of nitrogens with zero attached hydrogens (tertiary/aromatic N) is 2. The molecule has 2 N–H and O–H groups in total. The van der Waals surface area contributed by atoms with Crippen molar-refractivity contribution in [3.8, 4) is 11.1 Å². The monoisotopic (exact) mass is 456 g/mol. The van der Waals surface area contributed by atoms with Crippen LogP contribution in [0.25, 0.3) is 11.1 Å². The first kappa shape index (κ1) is 21.8. The molecule has 1 saturated heterocycles. The quantitative estimate of drug-likeness (QED) is 0.516. The van der Waals surface area contributed by atoms with E-state index in [-0.39, 0.29) is 23.0 Å². The van der Waals surface area contributed by atoms with Crippen molar-refractivity contribution in [1.29, 1.82) is 0 Å². The zero-order valence-electron chi connectivity index (χ0n) is 17.1. The summed E-state index contributed by atoms with van der Waals surface area (Å²) in [7, 11) is 1.87. The molecular weight excluding hydrogens is 435 g/mol. The van der Waals surface area contributed by atoms with E-state index in [1.165, 1.54) is 30.3 Å². The molecule has 3 aromatic rings. The van der Waals surface area contributed by atoms with Crippen LogP contribution in [0.2, 0.25) is 5.02 Å². The van der Waals surface area contributed by atoms with Crippen molar-refractivity contribution >= 4 is 35.3 Å². The molecule has 2 heterocycles. The van der Waals surface area contributed by atoms with Crippen LogP contribution in [0, 0.1) is 12.7 Å². The third-order valence-electron chi connectivity index (χ3n) is 5.25. The second-order valence-electron chi connectivity index (χ2n) is 7.49. The molecule has 5 nitrogen and oxygen atoms in total. The summed E-state index contributed by atoms with van der Waals surface area (Å²) in [6, 6.07) is 16.2. The highest BCUT2D eigenvalue weighted by Gasteiger charge is 2.33. The van der Waals surface area contributed by atoms with E-state index >= 15 is 0 Å².